The predicted molar refractivity (Wildman–Crippen MR) is 63.8 cm³/mol. The highest BCUT2D eigenvalue weighted by atomic mass is 16.3. The van der Waals surface area contributed by atoms with E-state index in [0.29, 0.717) is 5.92 Å². The molecule has 0 radical (unpaired) electrons. The van der Waals surface area contributed by atoms with Crippen molar-refractivity contribution in [3.63, 3.8) is 0 Å². The van der Waals surface area contributed by atoms with Gasteiger partial charge in [0.2, 0.25) is 0 Å². The highest BCUT2D eigenvalue weighted by Crippen LogP contribution is 2.21. The van der Waals surface area contributed by atoms with E-state index in [4.69, 9.17) is 0 Å². The van der Waals surface area contributed by atoms with Crippen LogP contribution in [0.4, 0.5) is 0 Å². The van der Waals surface area contributed by atoms with Crippen molar-refractivity contribution >= 4 is 0 Å². The second kappa shape index (κ2) is 5.29. The Balaban J connectivity index is 2.80. The van der Waals surface area contributed by atoms with Crippen LogP contribution in [0, 0.1) is 0 Å². The molecular formula is C13H21NO. The number of benzene rings is 1. The predicted octanol–water partition coefficient (Wildman–Crippen LogP) is 2.75. The maximum absolute atomic E-state index is 9.81. The molecule has 0 aliphatic rings. The summed E-state index contributed by atoms with van der Waals surface area (Å²) in [6.45, 7) is 4.41. The Kier molecular flexibility index (Phi) is 4.30. The van der Waals surface area contributed by atoms with Crippen LogP contribution in [0.3, 0.4) is 0 Å². The van der Waals surface area contributed by atoms with Crippen molar-refractivity contribution in [2.45, 2.75) is 32.4 Å². The van der Waals surface area contributed by atoms with E-state index in [1.807, 2.05) is 26.2 Å². The van der Waals surface area contributed by atoms with Gasteiger partial charge in [-0.25, -0.2) is 0 Å². The fourth-order valence-corrected chi connectivity index (χ4v) is 1.53. The zero-order valence-electron chi connectivity index (χ0n) is 10.1. The average molecular weight is 207 g/mol. The molecule has 0 fully saturated rings. The summed E-state index contributed by atoms with van der Waals surface area (Å²) in [5.41, 5.74) is 2.29. The van der Waals surface area contributed by atoms with Gasteiger partial charge in [-0.15, -0.1) is 0 Å². The summed E-state index contributed by atoms with van der Waals surface area (Å²) in [6.07, 6.45) is 0.645. The molecule has 0 bridgehead atoms. The van der Waals surface area contributed by atoms with Gasteiger partial charge in [0.05, 0.1) is 0 Å². The number of hydrogen-bond donors (Lipinski definition) is 1. The van der Waals surface area contributed by atoms with E-state index in [2.05, 4.69) is 26.0 Å². The van der Waals surface area contributed by atoms with Gasteiger partial charge < -0.3 is 5.11 Å². The molecule has 84 valence electrons. The van der Waals surface area contributed by atoms with Crippen LogP contribution >= 0.6 is 0 Å². The first kappa shape index (κ1) is 12.2. The van der Waals surface area contributed by atoms with Crippen LogP contribution in [0.15, 0.2) is 24.3 Å². The molecule has 15 heavy (non-hydrogen) atoms. The molecule has 0 aliphatic carbocycles. The van der Waals surface area contributed by atoms with Crippen LogP contribution < -0.4 is 0 Å². The van der Waals surface area contributed by atoms with Crippen molar-refractivity contribution < 1.29 is 5.11 Å². The zero-order valence-corrected chi connectivity index (χ0v) is 10.1. The standard InChI is InChI=1S/C13H21NO/c1-5-10(2)11-6-8-12(9-7-11)13(15)14(3)4/h6-10,13,15H,5H2,1-4H3. The minimum atomic E-state index is -0.504. The average Bonchev–Trinajstić information content (AvgIpc) is 2.27. The Hall–Kier alpha value is -0.860. The molecule has 0 saturated heterocycles. The van der Waals surface area contributed by atoms with Crippen LogP contribution in [-0.2, 0) is 0 Å². The van der Waals surface area contributed by atoms with Crippen LogP contribution in [0.5, 0.6) is 0 Å². The topological polar surface area (TPSA) is 23.5 Å². The summed E-state index contributed by atoms with van der Waals surface area (Å²) in [5.74, 6) is 0.593. The first-order chi connectivity index (χ1) is 7.06. The molecule has 1 aromatic carbocycles. The Morgan fingerprint density at radius 1 is 1.13 bits per heavy atom. The lowest BCUT2D eigenvalue weighted by atomic mass is 9.97. The fourth-order valence-electron chi connectivity index (χ4n) is 1.53. The second-order valence-electron chi connectivity index (χ2n) is 4.31. The SMILES string of the molecule is CCC(C)c1ccc(C(O)N(C)C)cc1. The first-order valence-corrected chi connectivity index (χ1v) is 5.50. The lowest BCUT2D eigenvalue weighted by Gasteiger charge is -2.19. The van der Waals surface area contributed by atoms with Gasteiger partial charge in [-0.3, -0.25) is 4.90 Å². The molecule has 2 unspecified atom stereocenters. The Morgan fingerprint density at radius 3 is 2.00 bits per heavy atom. The van der Waals surface area contributed by atoms with E-state index < -0.39 is 6.23 Å². The highest BCUT2D eigenvalue weighted by Gasteiger charge is 2.10. The zero-order chi connectivity index (χ0) is 11.4. The number of rotatable bonds is 4. The molecule has 1 aromatic rings. The van der Waals surface area contributed by atoms with Gasteiger partial charge in [0.25, 0.3) is 0 Å². The van der Waals surface area contributed by atoms with Crippen LogP contribution in [0.25, 0.3) is 0 Å². The summed E-state index contributed by atoms with van der Waals surface area (Å²) < 4.78 is 0. The van der Waals surface area contributed by atoms with E-state index in [-0.39, 0.29) is 0 Å². The van der Waals surface area contributed by atoms with E-state index in [0.717, 1.165) is 12.0 Å². The quantitative estimate of drug-likeness (QED) is 0.767. The third-order valence-corrected chi connectivity index (χ3v) is 2.91. The summed E-state index contributed by atoms with van der Waals surface area (Å²) in [4.78, 5) is 1.79. The van der Waals surface area contributed by atoms with Crippen molar-refractivity contribution in [2.24, 2.45) is 0 Å². The molecule has 1 N–H and O–H groups in total. The van der Waals surface area contributed by atoms with Gasteiger partial charge in [0.15, 0.2) is 0 Å². The van der Waals surface area contributed by atoms with Crippen molar-refractivity contribution in [2.75, 3.05) is 14.1 Å². The van der Waals surface area contributed by atoms with E-state index in [1.165, 1.54) is 5.56 Å². The number of aliphatic hydroxyl groups is 1. The summed E-state index contributed by atoms with van der Waals surface area (Å²) in [7, 11) is 3.74. The van der Waals surface area contributed by atoms with Gasteiger partial charge in [0, 0.05) is 0 Å². The first-order valence-electron chi connectivity index (χ1n) is 5.50. The molecular weight excluding hydrogens is 186 g/mol. The maximum Gasteiger partial charge on any atom is 0.133 e. The third kappa shape index (κ3) is 3.05. The van der Waals surface area contributed by atoms with Crippen molar-refractivity contribution in [1.82, 2.24) is 4.90 Å². The lowest BCUT2D eigenvalue weighted by Crippen LogP contribution is -2.19. The Labute approximate surface area is 92.5 Å². The van der Waals surface area contributed by atoms with E-state index in [9.17, 15) is 5.11 Å². The van der Waals surface area contributed by atoms with Gasteiger partial charge in [-0.1, -0.05) is 38.1 Å². The van der Waals surface area contributed by atoms with Gasteiger partial charge in [0.1, 0.15) is 6.23 Å². The highest BCUT2D eigenvalue weighted by molar-refractivity contribution is 5.26. The molecule has 0 aliphatic heterocycles. The fraction of sp³-hybridized carbons (Fsp3) is 0.538. The summed E-state index contributed by atoms with van der Waals surface area (Å²) in [6, 6.07) is 8.23. The Morgan fingerprint density at radius 2 is 1.60 bits per heavy atom. The summed E-state index contributed by atoms with van der Waals surface area (Å²) >= 11 is 0. The number of hydrogen-bond acceptors (Lipinski definition) is 2. The van der Waals surface area contributed by atoms with Crippen LogP contribution in [0.1, 0.15) is 43.5 Å². The largest absolute Gasteiger partial charge is 0.374 e. The minimum absolute atomic E-state index is 0.504. The molecule has 0 heterocycles. The van der Waals surface area contributed by atoms with Gasteiger partial charge >= 0.3 is 0 Å². The van der Waals surface area contributed by atoms with Crippen molar-refractivity contribution in [1.29, 1.82) is 0 Å². The molecule has 0 spiro atoms. The van der Waals surface area contributed by atoms with Crippen LogP contribution in [0.2, 0.25) is 0 Å². The molecule has 0 aromatic heterocycles. The third-order valence-electron chi connectivity index (χ3n) is 2.91. The molecule has 2 atom stereocenters. The van der Waals surface area contributed by atoms with E-state index >= 15 is 0 Å². The smallest absolute Gasteiger partial charge is 0.133 e. The van der Waals surface area contributed by atoms with E-state index in [1.54, 1.807) is 4.90 Å². The Bertz CT molecular complexity index is 292. The lowest BCUT2D eigenvalue weighted by molar-refractivity contribution is 0.0395. The maximum atomic E-state index is 9.81. The number of nitrogens with zero attached hydrogens (tertiary/aromatic N) is 1. The normalized spacial score (nSPS) is 15.3. The number of aliphatic hydroxyl groups excluding tert-OH is 1. The molecule has 2 nitrogen and oxygen atoms in total. The molecule has 0 amide bonds. The molecule has 0 saturated carbocycles. The summed E-state index contributed by atoms with van der Waals surface area (Å²) in [5, 5.41) is 9.81. The molecule has 1 rings (SSSR count). The van der Waals surface area contributed by atoms with Crippen molar-refractivity contribution in [3.8, 4) is 0 Å². The van der Waals surface area contributed by atoms with Crippen LogP contribution in [-0.4, -0.2) is 24.1 Å². The van der Waals surface area contributed by atoms with Gasteiger partial charge in [-0.05, 0) is 37.6 Å². The second-order valence-corrected chi connectivity index (χ2v) is 4.31. The minimum Gasteiger partial charge on any atom is -0.374 e. The molecule has 2 heteroatoms. The van der Waals surface area contributed by atoms with Gasteiger partial charge in [-0.2, -0.15) is 0 Å². The monoisotopic (exact) mass is 207 g/mol. The van der Waals surface area contributed by atoms with Crippen molar-refractivity contribution in [3.05, 3.63) is 35.4 Å².